The summed E-state index contributed by atoms with van der Waals surface area (Å²) < 4.78 is 7.84. The molecule has 0 saturated heterocycles. The molecule has 0 aliphatic carbocycles. The molecule has 0 radical (unpaired) electrons. The van der Waals surface area contributed by atoms with Gasteiger partial charge in [-0.3, -0.25) is 0 Å². The van der Waals surface area contributed by atoms with Crippen LogP contribution in [0, 0.1) is 0 Å². The molecule has 0 unspecified atom stereocenters. The Hall–Kier alpha value is -6.12. The Morgan fingerprint density at radius 3 is 1.67 bits per heavy atom. The molecule has 238 valence electrons. The van der Waals surface area contributed by atoms with Gasteiger partial charge in [0.25, 0.3) is 0 Å². The molecule has 0 fully saturated rings. The Morgan fingerprint density at radius 2 is 0.922 bits per heavy atom. The van der Waals surface area contributed by atoms with E-state index in [-0.39, 0.29) is 14.5 Å². The van der Waals surface area contributed by atoms with Gasteiger partial charge in [0.05, 0.1) is 0 Å². The first-order valence-electron chi connectivity index (χ1n) is 17.4. The van der Waals surface area contributed by atoms with Crippen LogP contribution in [0.2, 0.25) is 0 Å². The second-order valence-electron chi connectivity index (χ2n) is 13.3. The summed E-state index contributed by atoms with van der Waals surface area (Å²) in [5, 5.41) is 7.80. The van der Waals surface area contributed by atoms with E-state index in [0.29, 0.717) is 0 Å². The molecule has 0 aliphatic rings. The number of benzene rings is 8. The first kappa shape index (κ1) is 28.7. The van der Waals surface area contributed by atoms with Crippen molar-refractivity contribution in [3.05, 3.63) is 182 Å². The number of fused-ring (bicyclic) bond motifs is 9. The fraction of sp³-hybridized carbons (Fsp3) is 0. The van der Waals surface area contributed by atoms with Crippen LogP contribution in [0.3, 0.4) is 0 Å². The Balaban J connectivity index is 1.18. The monoisotopic (exact) mass is 714 g/mol. The summed E-state index contributed by atoms with van der Waals surface area (Å²) in [5.74, 6) is 0. The summed E-state index contributed by atoms with van der Waals surface area (Å²) in [5.41, 5.74) is 12.4. The summed E-state index contributed by atoms with van der Waals surface area (Å²) in [6.45, 7) is 0. The van der Waals surface area contributed by atoms with Crippen LogP contribution < -0.4 is 0 Å². The molecule has 11 rings (SSSR count). The van der Waals surface area contributed by atoms with Gasteiger partial charge in [-0.05, 0) is 0 Å². The van der Waals surface area contributed by atoms with Gasteiger partial charge in [-0.1, -0.05) is 12.1 Å². The minimum absolute atomic E-state index is 0.183. The van der Waals surface area contributed by atoms with Crippen molar-refractivity contribution in [2.24, 2.45) is 0 Å². The van der Waals surface area contributed by atoms with Crippen molar-refractivity contribution in [3.8, 4) is 33.6 Å². The zero-order valence-electron chi connectivity index (χ0n) is 27.6. The van der Waals surface area contributed by atoms with Crippen molar-refractivity contribution < 1.29 is 0 Å². The van der Waals surface area contributed by atoms with Crippen LogP contribution in [0.1, 0.15) is 0 Å². The summed E-state index contributed by atoms with van der Waals surface area (Å²) in [6.07, 6.45) is 0. The average Bonchev–Trinajstić information content (AvgIpc) is 3.86. The number of para-hydroxylation sites is 3. The Morgan fingerprint density at radius 1 is 0.353 bits per heavy atom. The van der Waals surface area contributed by atoms with Crippen LogP contribution in [0.5, 0.6) is 0 Å². The molecule has 0 amide bonds. The summed E-state index contributed by atoms with van der Waals surface area (Å²) in [7, 11) is 0. The summed E-state index contributed by atoms with van der Waals surface area (Å²) in [6, 6.07) is 67.0. The van der Waals surface area contributed by atoms with Gasteiger partial charge >= 0.3 is 290 Å². The Labute approximate surface area is 300 Å². The minimum atomic E-state index is 0.183. The number of nitrogens with zero attached hydrogens (tertiary/aromatic N) is 2. The fourth-order valence-corrected chi connectivity index (χ4v) is 10.9. The van der Waals surface area contributed by atoms with Crippen molar-refractivity contribution >= 4 is 77.4 Å². The topological polar surface area (TPSA) is 9.86 Å². The third kappa shape index (κ3) is 4.29. The van der Waals surface area contributed by atoms with Crippen molar-refractivity contribution in [3.63, 3.8) is 0 Å². The molecule has 3 heteroatoms. The van der Waals surface area contributed by atoms with Gasteiger partial charge in [0.2, 0.25) is 0 Å². The van der Waals surface area contributed by atoms with Crippen LogP contribution in [0.15, 0.2) is 182 Å². The molecule has 3 aromatic heterocycles. The van der Waals surface area contributed by atoms with Crippen LogP contribution in [0.25, 0.3) is 96.5 Å². The molecule has 0 aliphatic heterocycles. The molecular formula is C48H30N2Se. The van der Waals surface area contributed by atoms with E-state index in [9.17, 15) is 0 Å². The zero-order chi connectivity index (χ0) is 33.5. The number of rotatable bonds is 4. The molecule has 0 spiro atoms. The van der Waals surface area contributed by atoms with Crippen LogP contribution in [-0.4, -0.2) is 23.6 Å². The van der Waals surface area contributed by atoms with E-state index in [0.717, 1.165) is 0 Å². The van der Waals surface area contributed by atoms with Gasteiger partial charge in [-0.15, -0.1) is 0 Å². The van der Waals surface area contributed by atoms with E-state index in [1.54, 1.807) is 0 Å². The predicted octanol–water partition coefficient (Wildman–Crippen LogP) is 12.6. The SMILES string of the molecule is c1ccc(-c2cccc(-c3ccc(-n4c5ccccc5c5cc(-n6c7ccccc7c7ccccc76)ccc54)c4c3[se]c3ccccc34)c2)cc1. The molecule has 3 heterocycles. The third-order valence-electron chi connectivity index (χ3n) is 10.5. The van der Waals surface area contributed by atoms with E-state index in [1.165, 1.54) is 96.5 Å². The van der Waals surface area contributed by atoms with Crippen molar-refractivity contribution in [1.82, 2.24) is 9.13 Å². The Bertz CT molecular complexity index is 3090. The van der Waals surface area contributed by atoms with E-state index in [1.807, 2.05) is 0 Å². The second kappa shape index (κ2) is 11.2. The summed E-state index contributed by atoms with van der Waals surface area (Å²) >= 11 is 0.183. The quantitative estimate of drug-likeness (QED) is 0.161. The maximum atomic E-state index is 2.52. The number of aromatic nitrogens is 2. The van der Waals surface area contributed by atoms with Crippen LogP contribution in [-0.2, 0) is 0 Å². The average molecular weight is 714 g/mol. The molecule has 0 atom stereocenters. The van der Waals surface area contributed by atoms with Crippen molar-refractivity contribution in [2.75, 3.05) is 0 Å². The van der Waals surface area contributed by atoms with E-state index in [2.05, 4.69) is 191 Å². The molecule has 0 bridgehead atoms. The first-order valence-corrected chi connectivity index (χ1v) is 19.2. The number of hydrogen-bond acceptors (Lipinski definition) is 0. The molecule has 8 aromatic carbocycles. The van der Waals surface area contributed by atoms with Gasteiger partial charge in [-0.2, -0.15) is 0 Å². The molecule has 2 nitrogen and oxygen atoms in total. The molecular weight excluding hydrogens is 684 g/mol. The Kier molecular flexibility index (Phi) is 6.30. The van der Waals surface area contributed by atoms with Gasteiger partial charge in [0, 0.05) is 0 Å². The van der Waals surface area contributed by atoms with E-state index >= 15 is 0 Å². The van der Waals surface area contributed by atoms with Crippen molar-refractivity contribution in [1.29, 1.82) is 0 Å². The van der Waals surface area contributed by atoms with Crippen LogP contribution >= 0.6 is 0 Å². The predicted molar refractivity (Wildman–Crippen MR) is 218 cm³/mol. The second-order valence-corrected chi connectivity index (χ2v) is 15.5. The molecule has 0 N–H and O–H groups in total. The zero-order valence-corrected chi connectivity index (χ0v) is 29.3. The first-order chi connectivity index (χ1) is 25.3. The molecule has 0 saturated carbocycles. The van der Waals surface area contributed by atoms with Crippen LogP contribution in [0.4, 0.5) is 0 Å². The molecule has 11 aromatic rings. The van der Waals surface area contributed by atoms with Gasteiger partial charge in [-0.25, -0.2) is 0 Å². The van der Waals surface area contributed by atoms with Gasteiger partial charge in [0.1, 0.15) is 0 Å². The van der Waals surface area contributed by atoms with Crippen molar-refractivity contribution in [2.45, 2.75) is 0 Å². The summed E-state index contributed by atoms with van der Waals surface area (Å²) in [4.78, 5) is 0. The molecule has 51 heavy (non-hydrogen) atoms. The number of hydrogen-bond donors (Lipinski definition) is 0. The fourth-order valence-electron chi connectivity index (χ4n) is 8.28. The maximum absolute atomic E-state index is 2.52. The van der Waals surface area contributed by atoms with Gasteiger partial charge in [0.15, 0.2) is 0 Å². The third-order valence-corrected chi connectivity index (χ3v) is 13.0. The van der Waals surface area contributed by atoms with E-state index < -0.39 is 0 Å². The standard InChI is InChI=1S/C48H30N2Se/c1-2-13-31(14-3-1)32-15-12-16-33(29-32)35-26-28-45(47-39-20-7-11-24-46(39)51-48(35)47)50-43-23-10-6-19-38(43)40-30-34(25-27-44(40)50)49-41-21-8-4-17-36(41)37-18-5-9-22-42(37)49/h1-30H. The normalized spacial score (nSPS) is 11.9. The van der Waals surface area contributed by atoms with E-state index in [4.69, 9.17) is 0 Å². The van der Waals surface area contributed by atoms with Gasteiger partial charge < -0.3 is 0 Å².